The van der Waals surface area contributed by atoms with Crippen molar-refractivity contribution in [2.45, 2.75) is 57.5 Å². The predicted octanol–water partition coefficient (Wildman–Crippen LogP) is 2.07. The van der Waals surface area contributed by atoms with Crippen molar-refractivity contribution < 1.29 is 0 Å². The number of nitrogens with zero attached hydrogens (tertiary/aromatic N) is 3. The highest BCUT2D eigenvalue weighted by molar-refractivity contribution is 5.05. The first-order valence-electron chi connectivity index (χ1n) is 8.13. The molecule has 0 spiro atoms. The molecule has 20 heavy (non-hydrogen) atoms. The van der Waals surface area contributed by atoms with Crippen LogP contribution in [0.25, 0.3) is 0 Å². The van der Waals surface area contributed by atoms with Crippen molar-refractivity contribution in [3.63, 3.8) is 0 Å². The van der Waals surface area contributed by atoms with Gasteiger partial charge < -0.3 is 10.2 Å². The van der Waals surface area contributed by atoms with E-state index >= 15 is 0 Å². The molecule has 1 fully saturated rings. The summed E-state index contributed by atoms with van der Waals surface area (Å²) in [6, 6.07) is 3.14. The maximum atomic E-state index is 9.36. The fourth-order valence-corrected chi connectivity index (χ4v) is 3.23. The van der Waals surface area contributed by atoms with Gasteiger partial charge in [-0.05, 0) is 65.8 Å². The molecule has 1 rings (SSSR count). The van der Waals surface area contributed by atoms with Gasteiger partial charge in [-0.25, -0.2) is 0 Å². The topological polar surface area (TPSA) is 42.3 Å². The fraction of sp³-hybridized carbons (Fsp3) is 0.938. The summed E-state index contributed by atoms with van der Waals surface area (Å²) < 4.78 is 0. The minimum absolute atomic E-state index is 0.329. The van der Waals surface area contributed by atoms with Crippen LogP contribution in [-0.4, -0.2) is 61.7 Å². The van der Waals surface area contributed by atoms with Crippen molar-refractivity contribution >= 4 is 0 Å². The van der Waals surface area contributed by atoms with Crippen LogP contribution in [0, 0.1) is 11.3 Å². The molecule has 1 aliphatic heterocycles. The van der Waals surface area contributed by atoms with Gasteiger partial charge in [-0.3, -0.25) is 4.90 Å². The number of nitrogens with one attached hydrogen (secondary N) is 1. The summed E-state index contributed by atoms with van der Waals surface area (Å²) in [7, 11) is 4.13. The van der Waals surface area contributed by atoms with Gasteiger partial charge in [0, 0.05) is 12.6 Å². The van der Waals surface area contributed by atoms with Crippen molar-refractivity contribution in [2.75, 3.05) is 40.3 Å². The van der Waals surface area contributed by atoms with Gasteiger partial charge in [0.2, 0.25) is 0 Å². The van der Waals surface area contributed by atoms with Crippen LogP contribution in [0.15, 0.2) is 0 Å². The quantitative estimate of drug-likeness (QED) is 0.775. The summed E-state index contributed by atoms with van der Waals surface area (Å²) in [5.41, 5.74) is -0.329. The van der Waals surface area contributed by atoms with Gasteiger partial charge in [0.25, 0.3) is 0 Å². The van der Waals surface area contributed by atoms with E-state index < -0.39 is 0 Å². The van der Waals surface area contributed by atoms with Gasteiger partial charge in [0.1, 0.15) is 5.54 Å². The molecule has 0 aliphatic carbocycles. The Hall–Kier alpha value is -0.630. The molecule has 0 aromatic carbocycles. The molecule has 2 unspecified atom stereocenters. The van der Waals surface area contributed by atoms with Crippen LogP contribution in [0.5, 0.6) is 0 Å². The van der Waals surface area contributed by atoms with Gasteiger partial charge in [-0.2, -0.15) is 5.26 Å². The lowest BCUT2D eigenvalue weighted by Crippen LogP contribution is -2.43. The molecule has 1 aliphatic rings. The Kier molecular flexibility index (Phi) is 7.50. The van der Waals surface area contributed by atoms with Crippen LogP contribution < -0.4 is 5.32 Å². The van der Waals surface area contributed by atoms with E-state index in [0.29, 0.717) is 6.04 Å². The second-order valence-corrected chi connectivity index (χ2v) is 6.11. The van der Waals surface area contributed by atoms with E-state index in [4.69, 9.17) is 0 Å². The van der Waals surface area contributed by atoms with Gasteiger partial charge in [-0.15, -0.1) is 0 Å². The first-order chi connectivity index (χ1) is 9.60. The van der Waals surface area contributed by atoms with Crippen molar-refractivity contribution in [3.05, 3.63) is 0 Å². The van der Waals surface area contributed by atoms with Crippen molar-refractivity contribution in [1.82, 2.24) is 15.1 Å². The van der Waals surface area contributed by atoms with Crippen LogP contribution in [0.1, 0.15) is 46.0 Å². The Labute approximate surface area is 125 Å². The zero-order chi connectivity index (χ0) is 15.0. The average molecular weight is 280 g/mol. The van der Waals surface area contributed by atoms with E-state index in [1.165, 1.54) is 32.5 Å². The number of nitriles is 1. The second-order valence-electron chi connectivity index (χ2n) is 6.11. The molecule has 0 aromatic heterocycles. The Bertz CT molecular complexity index is 306. The predicted molar refractivity (Wildman–Crippen MR) is 84.7 cm³/mol. The lowest BCUT2D eigenvalue weighted by atomic mass is 9.92. The minimum Gasteiger partial charge on any atom is -0.305 e. The van der Waals surface area contributed by atoms with Crippen LogP contribution in [0.2, 0.25) is 0 Å². The van der Waals surface area contributed by atoms with Crippen molar-refractivity contribution in [1.29, 1.82) is 5.26 Å². The standard InChI is InChI=1S/C16H32N4/c1-5-15-13-19(4)10-8-12-20(15)11-7-9-16(6-2,14-17)18-3/h15,18H,5-13H2,1-4H3. The Balaban J connectivity index is 2.48. The van der Waals surface area contributed by atoms with E-state index in [0.717, 1.165) is 25.8 Å². The smallest absolute Gasteiger partial charge is 0.106 e. The molecule has 0 aromatic rings. The zero-order valence-electron chi connectivity index (χ0n) is 13.8. The van der Waals surface area contributed by atoms with Crippen molar-refractivity contribution in [2.24, 2.45) is 0 Å². The molecule has 1 saturated heterocycles. The van der Waals surface area contributed by atoms with E-state index in [9.17, 15) is 5.26 Å². The first-order valence-corrected chi connectivity index (χ1v) is 8.13. The Morgan fingerprint density at radius 3 is 2.65 bits per heavy atom. The number of rotatable bonds is 7. The fourth-order valence-electron chi connectivity index (χ4n) is 3.23. The largest absolute Gasteiger partial charge is 0.305 e. The SMILES string of the molecule is CCC1CN(C)CCCN1CCCC(C#N)(CC)NC. The zero-order valence-corrected chi connectivity index (χ0v) is 13.8. The summed E-state index contributed by atoms with van der Waals surface area (Å²) in [6.07, 6.45) is 5.39. The first kappa shape index (κ1) is 17.4. The molecule has 1 heterocycles. The summed E-state index contributed by atoms with van der Waals surface area (Å²) in [5, 5.41) is 12.6. The number of hydrogen-bond acceptors (Lipinski definition) is 4. The van der Waals surface area contributed by atoms with E-state index in [1.54, 1.807) is 0 Å². The molecule has 4 nitrogen and oxygen atoms in total. The third-order valence-corrected chi connectivity index (χ3v) is 4.84. The average Bonchev–Trinajstić information content (AvgIpc) is 2.65. The monoisotopic (exact) mass is 280 g/mol. The molecule has 4 heteroatoms. The van der Waals surface area contributed by atoms with Gasteiger partial charge in [-0.1, -0.05) is 13.8 Å². The highest BCUT2D eigenvalue weighted by Crippen LogP contribution is 2.18. The second kappa shape index (κ2) is 8.61. The number of likely N-dealkylation sites (N-methyl/N-ethyl adjacent to an activating group) is 1. The van der Waals surface area contributed by atoms with Gasteiger partial charge >= 0.3 is 0 Å². The molecule has 1 N–H and O–H groups in total. The maximum absolute atomic E-state index is 9.36. The van der Waals surface area contributed by atoms with Crippen LogP contribution in [0.3, 0.4) is 0 Å². The van der Waals surface area contributed by atoms with Crippen LogP contribution in [-0.2, 0) is 0 Å². The molecular weight excluding hydrogens is 248 g/mol. The summed E-state index contributed by atoms with van der Waals surface area (Å²) in [5.74, 6) is 0. The minimum atomic E-state index is -0.329. The third kappa shape index (κ3) is 4.73. The van der Waals surface area contributed by atoms with E-state index in [-0.39, 0.29) is 5.54 Å². The highest BCUT2D eigenvalue weighted by Gasteiger charge is 2.26. The molecule has 2 atom stereocenters. The summed E-state index contributed by atoms with van der Waals surface area (Å²) in [4.78, 5) is 5.09. The molecule has 116 valence electrons. The Morgan fingerprint density at radius 2 is 2.10 bits per heavy atom. The lowest BCUT2D eigenvalue weighted by Gasteiger charge is -2.31. The van der Waals surface area contributed by atoms with Gasteiger partial charge in [0.15, 0.2) is 0 Å². The lowest BCUT2D eigenvalue weighted by molar-refractivity contribution is 0.176. The highest BCUT2D eigenvalue weighted by atomic mass is 15.2. The van der Waals surface area contributed by atoms with E-state index in [1.807, 2.05) is 7.05 Å². The summed E-state index contributed by atoms with van der Waals surface area (Å²) in [6.45, 7) is 9.09. The van der Waals surface area contributed by atoms with E-state index in [2.05, 4.69) is 42.1 Å². The maximum Gasteiger partial charge on any atom is 0.106 e. The van der Waals surface area contributed by atoms with Gasteiger partial charge in [0.05, 0.1) is 6.07 Å². The third-order valence-electron chi connectivity index (χ3n) is 4.84. The number of hydrogen-bond donors (Lipinski definition) is 1. The van der Waals surface area contributed by atoms with Crippen LogP contribution >= 0.6 is 0 Å². The molecular formula is C16H32N4. The molecule has 0 radical (unpaired) electrons. The molecule has 0 amide bonds. The Morgan fingerprint density at radius 1 is 1.35 bits per heavy atom. The normalized spacial score (nSPS) is 24.9. The molecule has 0 bridgehead atoms. The summed E-state index contributed by atoms with van der Waals surface area (Å²) >= 11 is 0. The van der Waals surface area contributed by atoms with Crippen LogP contribution in [0.4, 0.5) is 0 Å². The van der Waals surface area contributed by atoms with Crippen molar-refractivity contribution in [3.8, 4) is 6.07 Å². The molecule has 0 saturated carbocycles.